The van der Waals surface area contributed by atoms with Crippen molar-refractivity contribution >= 4 is 11.4 Å². The third-order valence-corrected chi connectivity index (χ3v) is 3.24. The summed E-state index contributed by atoms with van der Waals surface area (Å²) in [5.41, 5.74) is 0.794. The third kappa shape index (κ3) is 6.47. The van der Waals surface area contributed by atoms with Gasteiger partial charge in [-0.2, -0.15) is 0 Å². The number of hydrogen-bond donors (Lipinski definition) is 1. The van der Waals surface area contributed by atoms with Crippen LogP contribution in [0.1, 0.15) is 47.0 Å². The SMILES string of the molecule is CCOc1cc(NC(C)CCCC(C)C)cc([N+](=O)[O-])c1. The number of nitrogens with zero attached hydrogens (tertiary/aromatic N) is 1. The van der Waals surface area contributed by atoms with Crippen molar-refractivity contribution in [2.24, 2.45) is 5.92 Å². The van der Waals surface area contributed by atoms with Crippen LogP contribution in [0.25, 0.3) is 0 Å². The quantitative estimate of drug-likeness (QED) is 0.533. The molecule has 1 aromatic carbocycles. The molecule has 0 aliphatic carbocycles. The van der Waals surface area contributed by atoms with Crippen LogP contribution in [0.3, 0.4) is 0 Å². The van der Waals surface area contributed by atoms with E-state index >= 15 is 0 Å². The summed E-state index contributed by atoms with van der Waals surface area (Å²) in [7, 11) is 0. The molecule has 5 heteroatoms. The molecule has 0 fully saturated rings. The number of rotatable bonds is 9. The van der Waals surface area contributed by atoms with Crippen LogP contribution in [0.5, 0.6) is 5.75 Å². The number of hydrogen-bond acceptors (Lipinski definition) is 4. The summed E-state index contributed by atoms with van der Waals surface area (Å²) in [5.74, 6) is 1.24. The maximum Gasteiger partial charge on any atom is 0.275 e. The Morgan fingerprint density at radius 2 is 1.95 bits per heavy atom. The summed E-state index contributed by atoms with van der Waals surface area (Å²) in [6.07, 6.45) is 3.40. The van der Waals surface area contributed by atoms with Gasteiger partial charge in [-0.15, -0.1) is 0 Å². The van der Waals surface area contributed by atoms with E-state index in [1.807, 2.05) is 13.0 Å². The zero-order chi connectivity index (χ0) is 15.8. The molecule has 1 N–H and O–H groups in total. The minimum Gasteiger partial charge on any atom is -0.494 e. The van der Waals surface area contributed by atoms with Crippen LogP contribution in [0, 0.1) is 16.0 Å². The van der Waals surface area contributed by atoms with E-state index in [4.69, 9.17) is 4.74 Å². The lowest BCUT2D eigenvalue weighted by Crippen LogP contribution is -2.15. The molecule has 0 heterocycles. The van der Waals surface area contributed by atoms with Gasteiger partial charge in [-0.25, -0.2) is 0 Å². The molecule has 1 aromatic rings. The molecule has 5 nitrogen and oxygen atoms in total. The summed E-state index contributed by atoms with van der Waals surface area (Å²) in [6, 6.07) is 5.11. The van der Waals surface area contributed by atoms with E-state index < -0.39 is 4.92 Å². The second-order valence-corrected chi connectivity index (χ2v) is 5.78. The molecule has 0 aliphatic heterocycles. The minimum absolute atomic E-state index is 0.0535. The standard InChI is InChI=1S/C16H26N2O3/c1-5-21-16-10-14(9-15(11-16)18(19)20)17-13(4)8-6-7-12(2)3/h9-13,17H,5-8H2,1-4H3. The summed E-state index contributed by atoms with van der Waals surface area (Å²) < 4.78 is 5.39. The molecule has 1 unspecified atom stereocenters. The number of benzene rings is 1. The highest BCUT2D eigenvalue weighted by molar-refractivity contribution is 5.56. The number of nitro benzene ring substituents is 1. The lowest BCUT2D eigenvalue weighted by atomic mass is 10.0. The Kier molecular flexibility index (Phi) is 6.99. The molecule has 1 atom stereocenters. The topological polar surface area (TPSA) is 64.4 Å². The Morgan fingerprint density at radius 3 is 2.52 bits per heavy atom. The predicted molar refractivity (Wildman–Crippen MR) is 86.0 cm³/mol. The molecule has 118 valence electrons. The number of nitro groups is 1. The van der Waals surface area contributed by atoms with Crippen LogP contribution < -0.4 is 10.1 Å². The largest absolute Gasteiger partial charge is 0.494 e. The van der Waals surface area contributed by atoms with Crippen LogP contribution >= 0.6 is 0 Å². The number of nitrogens with one attached hydrogen (secondary N) is 1. The zero-order valence-corrected chi connectivity index (χ0v) is 13.4. The second-order valence-electron chi connectivity index (χ2n) is 5.78. The van der Waals surface area contributed by atoms with Crippen molar-refractivity contribution in [2.45, 2.75) is 53.0 Å². The highest BCUT2D eigenvalue weighted by atomic mass is 16.6. The van der Waals surface area contributed by atoms with Gasteiger partial charge in [0.1, 0.15) is 5.75 Å². The number of anilines is 1. The van der Waals surface area contributed by atoms with E-state index in [-0.39, 0.29) is 11.7 Å². The van der Waals surface area contributed by atoms with Crippen LogP contribution in [-0.4, -0.2) is 17.6 Å². The van der Waals surface area contributed by atoms with Crippen molar-refractivity contribution in [1.82, 2.24) is 0 Å². The maximum absolute atomic E-state index is 11.0. The van der Waals surface area contributed by atoms with Gasteiger partial charge < -0.3 is 10.1 Å². The molecule has 0 saturated heterocycles. The highest BCUT2D eigenvalue weighted by Gasteiger charge is 2.12. The van der Waals surface area contributed by atoms with Gasteiger partial charge in [0.05, 0.1) is 17.6 Å². The molecule has 0 saturated carbocycles. The highest BCUT2D eigenvalue weighted by Crippen LogP contribution is 2.27. The molecule has 0 radical (unpaired) electrons. The van der Waals surface area contributed by atoms with Crippen molar-refractivity contribution in [3.63, 3.8) is 0 Å². The monoisotopic (exact) mass is 294 g/mol. The van der Waals surface area contributed by atoms with Gasteiger partial charge in [0.25, 0.3) is 5.69 Å². The van der Waals surface area contributed by atoms with Gasteiger partial charge in [0.15, 0.2) is 0 Å². The first kappa shape index (κ1) is 17.3. The predicted octanol–water partition coefficient (Wildman–Crippen LogP) is 4.62. The number of ether oxygens (including phenoxy) is 1. The van der Waals surface area contributed by atoms with E-state index in [1.165, 1.54) is 12.5 Å². The van der Waals surface area contributed by atoms with Gasteiger partial charge in [-0.3, -0.25) is 10.1 Å². The van der Waals surface area contributed by atoms with Gasteiger partial charge in [-0.05, 0) is 26.2 Å². The van der Waals surface area contributed by atoms with Crippen molar-refractivity contribution in [1.29, 1.82) is 0 Å². The first-order valence-corrected chi connectivity index (χ1v) is 7.61. The van der Waals surface area contributed by atoms with Crippen molar-refractivity contribution in [2.75, 3.05) is 11.9 Å². The van der Waals surface area contributed by atoms with Crippen LogP contribution in [-0.2, 0) is 0 Å². The molecule has 0 aliphatic rings. The number of non-ortho nitro benzene ring substituents is 1. The van der Waals surface area contributed by atoms with E-state index in [0.717, 1.165) is 18.5 Å². The fourth-order valence-corrected chi connectivity index (χ4v) is 2.21. The third-order valence-electron chi connectivity index (χ3n) is 3.24. The van der Waals surface area contributed by atoms with E-state index in [9.17, 15) is 10.1 Å². The van der Waals surface area contributed by atoms with Crippen LogP contribution in [0.15, 0.2) is 18.2 Å². The summed E-state index contributed by atoms with van der Waals surface area (Å²) in [6.45, 7) is 8.88. The summed E-state index contributed by atoms with van der Waals surface area (Å²) in [4.78, 5) is 10.6. The zero-order valence-electron chi connectivity index (χ0n) is 13.4. The van der Waals surface area contributed by atoms with Crippen LogP contribution in [0.2, 0.25) is 0 Å². The average molecular weight is 294 g/mol. The van der Waals surface area contributed by atoms with Gasteiger partial charge >= 0.3 is 0 Å². The fraction of sp³-hybridized carbons (Fsp3) is 0.625. The van der Waals surface area contributed by atoms with Gasteiger partial charge in [0.2, 0.25) is 0 Å². The van der Waals surface area contributed by atoms with Gasteiger partial charge in [0, 0.05) is 23.9 Å². The summed E-state index contributed by atoms with van der Waals surface area (Å²) in [5, 5.41) is 14.3. The minimum atomic E-state index is -0.392. The average Bonchev–Trinajstić information content (AvgIpc) is 2.38. The first-order chi connectivity index (χ1) is 9.92. The molecule has 0 amide bonds. The lowest BCUT2D eigenvalue weighted by Gasteiger charge is -2.16. The summed E-state index contributed by atoms with van der Waals surface area (Å²) >= 11 is 0. The smallest absolute Gasteiger partial charge is 0.275 e. The second kappa shape index (κ2) is 8.49. The van der Waals surface area contributed by atoms with Crippen molar-refractivity contribution < 1.29 is 9.66 Å². The van der Waals surface area contributed by atoms with Crippen LogP contribution in [0.4, 0.5) is 11.4 Å². The molecular formula is C16H26N2O3. The molecule has 0 aromatic heterocycles. The normalized spacial score (nSPS) is 12.2. The van der Waals surface area contributed by atoms with Crippen molar-refractivity contribution in [3.05, 3.63) is 28.3 Å². The Labute approximate surface area is 126 Å². The van der Waals surface area contributed by atoms with E-state index in [0.29, 0.717) is 18.3 Å². The molecule has 0 spiro atoms. The fourth-order valence-electron chi connectivity index (χ4n) is 2.21. The Balaban J connectivity index is 2.70. The molecule has 21 heavy (non-hydrogen) atoms. The van der Waals surface area contributed by atoms with E-state index in [1.54, 1.807) is 6.07 Å². The lowest BCUT2D eigenvalue weighted by molar-refractivity contribution is -0.384. The molecule has 0 bridgehead atoms. The first-order valence-electron chi connectivity index (χ1n) is 7.61. The van der Waals surface area contributed by atoms with E-state index in [2.05, 4.69) is 26.1 Å². The maximum atomic E-state index is 11.0. The van der Waals surface area contributed by atoms with Crippen molar-refractivity contribution in [3.8, 4) is 5.75 Å². The van der Waals surface area contributed by atoms with Gasteiger partial charge in [-0.1, -0.05) is 26.7 Å². The Morgan fingerprint density at radius 1 is 1.24 bits per heavy atom. The Hall–Kier alpha value is -1.78. The molecular weight excluding hydrogens is 268 g/mol. The Bertz CT molecular complexity index is 461. The molecule has 1 rings (SSSR count).